The first-order valence-corrected chi connectivity index (χ1v) is 8.28. The molecule has 0 radical (unpaired) electrons. The summed E-state index contributed by atoms with van der Waals surface area (Å²) in [5.74, 6) is -0.283. The van der Waals surface area contributed by atoms with Crippen molar-refractivity contribution in [2.45, 2.75) is 0 Å². The molecule has 9 nitrogen and oxygen atoms in total. The molecule has 9 heteroatoms. The van der Waals surface area contributed by atoms with Crippen LogP contribution >= 0.6 is 0 Å². The SMILES string of the molecule is [C-]#[N+]CC(=O)NCCOCCOCCOCCOCCOCCOC. The Labute approximate surface area is 149 Å². The number of ether oxygens (including phenoxy) is 6. The summed E-state index contributed by atoms with van der Waals surface area (Å²) in [7, 11) is 1.64. The molecule has 0 rings (SSSR count). The van der Waals surface area contributed by atoms with Crippen LogP contribution in [0.5, 0.6) is 0 Å². The van der Waals surface area contributed by atoms with Crippen LogP contribution in [0.1, 0.15) is 0 Å². The smallest absolute Gasteiger partial charge is 0.300 e. The van der Waals surface area contributed by atoms with Gasteiger partial charge in [-0.25, -0.2) is 6.57 Å². The molecule has 146 valence electrons. The summed E-state index contributed by atoms with van der Waals surface area (Å²) in [6.45, 7) is 12.4. The van der Waals surface area contributed by atoms with Gasteiger partial charge < -0.3 is 38.6 Å². The van der Waals surface area contributed by atoms with Gasteiger partial charge in [0, 0.05) is 13.7 Å². The van der Waals surface area contributed by atoms with E-state index in [4.69, 9.17) is 35.0 Å². The fraction of sp³-hybridized carbons (Fsp3) is 0.875. The second-order valence-corrected chi connectivity index (χ2v) is 4.72. The van der Waals surface area contributed by atoms with Gasteiger partial charge in [-0.15, -0.1) is 0 Å². The minimum Gasteiger partial charge on any atom is -0.382 e. The average molecular weight is 362 g/mol. The zero-order chi connectivity index (χ0) is 18.4. The molecule has 0 heterocycles. The standard InChI is InChI=1S/C16H30N2O7/c1-17-15-16(19)18-3-4-21-7-8-23-11-12-25-14-13-24-10-9-22-6-5-20-2/h3-15H2,2H3,(H,18,19). The minimum absolute atomic E-state index is 0.143. The molecule has 0 aliphatic carbocycles. The predicted octanol–water partition coefficient (Wildman–Crippen LogP) is -0.249. The number of amides is 1. The van der Waals surface area contributed by atoms with Gasteiger partial charge >= 0.3 is 0 Å². The highest BCUT2D eigenvalue weighted by Gasteiger charge is 2.01. The Morgan fingerprint density at radius 1 is 0.760 bits per heavy atom. The molecule has 0 bridgehead atoms. The maximum atomic E-state index is 11.0. The van der Waals surface area contributed by atoms with E-state index in [-0.39, 0.29) is 12.5 Å². The van der Waals surface area contributed by atoms with E-state index in [0.717, 1.165) is 0 Å². The molecule has 0 aliphatic heterocycles. The number of nitrogens with zero attached hydrogens (tertiary/aromatic N) is 1. The van der Waals surface area contributed by atoms with Gasteiger partial charge in [-0.2, -0.15) is 0 Å². The van der Waals surface area contributed by atoms with Crippen molar-refractivity contribution in [2.75, 3.05) is 92.9 Å². The largest absolute Gasteiger partial charge is 0.382 e. The van der Waals surface area contributed by atoms with Crippen molar-refractivity contribution < 1.29 is 33.2 Å². The molecular weight excluding hydrogens is 332 g/mol. The Balaban J connectivity index is 3.03. The summed E-state index contributed by atoms with van der Waals surface area (Å²) in [5, 5.41) is 2.57. The number of methoxy groups -OCH3 is 1. The van der Waals surface area contributed by atoms with E-state index in [1.807, 2.05) is 0 Å². The molecule has 0 fully saturated rings. The first kappa shape index (κ1) is 23.7. The van der Waals surface area contributed by atoms with Crippen molar-refractivity contribution >= 4 is 5.91 Å². The van der Waals surface area contributed by atoms with E-state index in [2.05, 4.69) is 10.2 Å². The van der Waals surface area contributed by atoms with Gasteiger partial charge in [-0.3, -0.25) is 4.79 Å². The van der Waals surface area contributed by atoms with Crippen LogP contribution in [0.25, 0.3) is 4.85 Å². The third-order valence-corrected chi connectivity index (χ3v) is 2.71. The Kier molecular flexibility index (Phi) is 19.7. The van der Waals surface area contributed by atoms with E-state index in [0.29, 0.717) is 79.2 Å². The third-order valence-electron chi connectivity index (χ3n) is 2.71. The van der Waals surface area contributed by atoms with Crippen LogP contribution in [-0.2, 0) is 33.2 Å². The fourth-order valence-corrected chi connectivity index (χ4v) is 1.51. The molecule has 0 aliphatic rings. The lowest BCUT2D eigenvalue weighted by atomic mass is 10.5. The lowest BCUT2D eigenvalue weighted by molar-refractivity contribution is -0.119. The van der Waals surface area contributed by atoms with E-state index in [9.17, 15) is 4.79 Å². The molecule has 0 saturated carbocycles. The van der Waals surface area contributed by atoms with Gasteiger partial charge in [0.25, 0.3) is 12.5 Å². The van der Waals surface area contributed by atoms with Crippen molar-refractivity contribution in [1.82, 2.24) is 5.32 Å². The second kappa shape index (κ2) is 20.8. The van der Waals surface area contributed by atoms with Crippen LogP contribution in [0, 0.1) is 6.57 Å². The van der Waals surface area contributed by atoms with Crippen LogP contribution in [0.2, 0.25) is 0 Å². The van der Waals surface area contributed by atoms with E-state index >= 15 is 0 Å². The van der Waals surface area contributed by atoms with E-state index in [1.54, 1.807) is 7.11 Å². The highest BCUT2D eigenvalue weighted by Crippen LogP contribution is 1.84. The minimum atomic E-state index is -0.283. The number of carbonyl (C=O) groups excluding carboxylic acids is 1. The highest BCUT2D eigenvalue weighted by atomic mass is 16.6. The normalized spacial score (nSPS) is 10.6. The molecule has 1 amide bonds. The van der Waals surface area contributed by atoms with Gasteiger partial charge in [-0.05, 0) is 0 Å². The molecule has 0 atom stereocenters. The van der Waals surface area contributed by atoms with Gasteiger partial charge in [0.2, 0.25) is 0 Å². The number of nitrogens with one attached hydrogen (secondary N) is 1. The van der Waals surface area contributed by atoms with E-state index < -0.39 is 0 Å². The number of rotatable bonds is 19. The Hall–Kier alpha value is -1.28. The molecule has 0 aromatic rings. The molecule has 0 aromatic heterocycles. The molecular formula is C16H30N2O7. The number of hydrogen-bond donors (Lipinski definition) is 1. The molecule has 0 spiro atoms. The topological polar surface area (TPSA) is 88.8 Å². The summed E-state index contributed by atoms with van der Waals surface area (Å²) in [6, 6.07) is 0. The van der Waals surface area contributed by atoms with Gasteiger partial charge in [0.05, 0.1) is 72.7 Å². The zero-order valence-corrected chi connectivity index (χ0v) is 15.0. The number of carbonyl (C=O) groups is 1. The quantitative estimate of drug-likeness (QED) is 0.250. The predicted molar refractivity (Wildman–Crippen MR) is 90.4 cm³/mol. The second-order valence-electron chi connectivity index (χ2n) is 4.72. The van der Waals surface area contributed by atoms with Crippen LogP contribution in [-0.4, -0.2) is 98.8 Å². The Morgan fingerprint density at radius 2 is 1.16 bits per heavy atom. The van der Waals surface area contributed by atoms with Crippen LogP contribution in [0.15, 0.2) is 0 Å². The van der Waals surface area contributed by atoms with Crippen LogP contribution < -0.4 is 5.32 Å². The maximum absolute atomic E-state index is 11.0. The first-order valence-electron chi connectivity index (χ1n) is 8.28. The number of hydrogen-bond acceptors (Lipinski definition) is 7. The van der Waals surface area contributed by atoms with Crippen molar-refractivity contribution in [1.29, 1.82) is 0 Å². The third kappa shape index (κ3) is 20.7. The average Bonchev–Trinajstić information content (AvgIpc) is 2.61. The van der Waals surface area contributed by atoms with Crippen molar-refractivity contribution in [3.05, 3.63) is 11.4 Å². The van der Waals surface area contributed by atoms with Gasteiger partial charge in [0.15, 0.2) is 0 Å². The maximum Gasteiger partial charge on any atom is 0.300 e. The van der Waals surface area contributed by atoms with Gasteiger partial charge in [-0.1, -0.05) is 0 Å². The van der Waals surface area contributed by atoms with E-state index in [1.165, 1.54) is 0 Å². The molecule has 1 N–H and O–H groups in total. The summed E-state index contributed by atoms with van der Waals surface area (Å²) in [6.07, 6.45) is 0. The van der Waals surface area contributed by atoms with Gasteiger partial charge in [0.1, 0.15) is 0 Å². The lowest BCUT2D eigenvalue weighted by Gasteiger charge is -2.08. The fourth-order valence-electron chi connectivity index (χ4n) is 1.51. The molecule has 25 heavy (non-hydrogen) atoms. The lowest BCUT2D eigenvalue weighted by Crippen LogP contribution is -2.29. The van der Waals surface area contributed by atoms with Crippen molar-refractivity contribution in [2.24, 2.45) is 0 Å². The molecule has 0 saturated heterocycles. The molecule has 0 unspecified atom stereocenters. The van der Waals surface area contributed by atoms with Crippen molar-refractivity contribution in [3.8, 4) is 0 Å². The van der Waals surface area contributed by atoms with Crippen LogP contribution in [0.4, 0.5) is 0 Å². The first-order chi connectivity index (χ1) is 12.3. The Bertz CT molecular complexity index is 337. The monoisotopic (exact) mass is 362 g/mol. The Morgan fingerprint density at radius 3 is 1.56 bits per heavy atom. The summed E-state index contributed by atoms with van der Waals surface area (Å²) < 4.78 is 31.4. The summed E-state index contributed by atoms with van der Waals surface area (Å²) in [5.41, 5.74) is 0. The summed E-state index contributed by atoms with van der Waals surface area (Å²) >= 11 is 0. The zero-order valence-electron chi connectivity index (χ0n) is 15.0. The van der Waals surface area contributed by atoms with Crippen LogP contribution in [0.3, 0.4) is 0 Å². The van der Waals surface area contributed by atoms with Crippen molar-refractivity contribution in [3.63, 3.8) is 0 Å². The summed E-state index contributed by atoms with van der Waals surface area (Å²) in [4.78, 5) is 14.0. The molecule has 0 aromatic carbocycles. The highest BCUT2D eigenvalue weighted by molar-refractivity contribution is 5.79.